The minimum absolute atomic E-state index is 0.0459. The van der Waals surface area contributed by atoms with Crippen molar-refractivity contribution in [2.24, 2.45) is 0 Å². The predicted molar refractivity (Wildman–Crippen MR) is 68.4 cm³/mol. The number of nitrogens with two attached hydrogens (primary N) is 1. The van der Waals surface area contributed by atoms with Crippen molar-refractivity contribution in [3.63, 3.8) is 0 Å². The second-order valence-electron chi connectivity index (χ2n) is 3.36. The highest BCUT2D eigenvalue weighted by Crippen LogP contribution is 2.28. The molecule has 88 valence electrons. The molecular formula is C11H8Cl2FN3. The van der Waals surface area contributed by atoms with Crippen LogP contribution in [0.15, 0.2) is 30.5 Å². The van der Waals surface area contributed by atoms with Gasteiger partial charge in [0.05, 0.1) is 21.9 Å². The second kappa shape index (κ2) is 4.77. The van der Waals surface area contributed by atoms with E-state index in [-0.39, 0.29) is 10.0 Å². The Labute approximate surface area is 107 Å². The molecule has 0 aliphatic heterocycles. The zero-order valence-corrected chi connectivity index (χ0v) is 10.1. The minimum atomic E-state index is -0.635. The zero-order valence-electron chi connectivity index (χ0n) is 8.55. The molecule has 0 atom stereocenters. The van der Waals surface area contributed by atoms with Crippen LogP contribution in [-0.2, 0) is 0 Å². The van der Waals surface area contributed by atoms with Gasteiger partial charge in [0.2, 0.25) is 0 Å². The summed E-state index contributed by atoms with van der Waals surface area (Å²) in [6.07, 6.45) is 1.51. The summed E-state index contributed by atoms with van der Waals surface area (Å²) in [5, 5.41) is 2.85. The van der Waals surface area contributed by atoms with Gasteiger partial charge in [0.15, 0.2) is 5.82 Å². The van der Waals surface area contributed by atoms with Crippen molar-refractivity contribution < 1.29 is 4.39 Å². The average Bonchev–Trinajstić information content (AvgIpc) is 2.29. The van der Waals surface area contributed by atoms with E-state index in [9.17, 15) is 4.39 Å². The van der Waals surface area contributed by atoms with Gasteiger partial charge in [0.25, 0.3) is 0 Å². The van der Waals surface area contributed by atoms with Crippen molar-refractivity contribution in [1.29, 1.82) is 0 Å². The van der Waals surface area contributed by atoms with E-state index in [2.05, 4.69) is 10.3 Å². The predicted octanol–water partition coefficient (Wildman–Crippen LogP) is 3.85. The van der Waals surface area contributed by atoms with Crippen LogP contribution in [0.5, 0.6) is 0 Å². The van der Waals surface area contributed by atoms with Crippen LogP contribution in [0.1, 0.15) is 0 Å². The van der Waals surface area contributed by atoms with Gasteiger partial charge >= 0.3 is 0 Å². The molecule has 0 aliphatic carbocycles. The molecule has 0 fully saturated rings. The Morgan fingerprint density at radius 2 is 1.82 bits per heavy atom. The number of anilines is 3. The van der Waals surface area contributed by atoms with Gasteiger partial charge in [0.1, 0.15) is 5.82 Å². The normalized spacial score (nSPS) is 10.3. The van der Waals surface area contributed by atoms with Gasteiger partial charge in [-0.15, -0.1) is 0 Å². The SMILES string of the molecule is Nc1ccc(Nc2cc(Cl)c(F)c(Cl)c2)nc1. The third-order valence-electron chi connectivity index (χ3n) is 2.04. The number of nitrogens with one attached hydrogen (secondary N) is 1. The lowest BCUT2D eigenvalue weighted by Crippen LogP contribution is -1.95. The van der Waals surface area contributed by atoms with Gasteiger partial charge in [-0.2, -0.15) is 0 Å². The van der Waals surface area contributed by atoms with Gasteiger partial charge in [0, 0.05) is 5.69 Å². The van der Waals surface area contributed by atoms with Crippen molar-refractivity contribution in [3.05, 3.63) is 46.3 Å². The van der Waals surface area contributed by atoms with Gasteiger partial charge in [-0.1, -0.05) is 23.2 Å². The maximum absolute atomic E-state index is 13.2. The molecule has 0 amide bonds. The van der Waals surface area contributed by atoms with E-state index in [0.717, 1.165) is 0 Å². The third-order valence-corrected chi connectivity index (χ3v) is 2.59. The number of aromatic nitrogens is 1. The summed E-state index contributed by atoms with van der Waals surface area (Å²) in [6, 6.07) is 6.25. The highest BCUT2D eigenvalue weighted by Gasteiger charge is 2.07. The summed E-state index contributed by atoms with van der Waals surface area (Å²) in [4.78, 5) is 4.04. The fraction of sp³-hybridized carbons (Fsp3) is 0. The number of nitrogens with zero attached hydrogens (tertiary/aromatic N) is 1. The van der Waals surface area contributed by atoms with E-state index >= 15 is 0 Å². The maximum atomic E-state index is 13.2. The number of benzene rings is 1. The minimum Gasteiger partial charge on any atom is -0.397 e. The van der Waals surface area contributed by atoms with Crippen LogP contribution in [0.4, 0.5) is 21.6 Å². The number of pyridine rings is 1. The van der Waals surface area contributed by atoms with Crippen molar-refractivity contribution in [2.45, 2.75) is 0 Å². The van der Waals surface area contributed by atoms with E-state index in [1.54, 1.807) is 12.1 Å². The van der Waals surface area contributed by atoms with Gasteiger partial charge in [-0.05, 0) is 24.3 Å². The highest BCUT2D eigenvalue weighted by atomic mass is 35.5. The molecule has 3 N–H and O–H groups in total. The lowest BCUT2D eigenvalue weighted by atomic mass is 10.3. The molecule has 0 saturated carbocycles. The summed E-state index contributed by atoms with van der Waals surface area (Å²) in [5.74, 6) is -0.0675. The Kier molecular flexibility index (Phi) is 3.36. The Balaban J connectivity index is 2.27. The first kappa shape index (κ1) is 12.0. The van der Waals surface area contributed by atoms with Crippen molar-refractivity contribution in [3.8, 4) is 0 Å². The largest absolute Gasteiger partial charge is 0.397 e. The van der Waals surface area contributed by atoms with Crippen LogP contribution < -0.4 is 11.1 Å². The molecule has 3 nitrogen and oxygen atoms in total. The van der Waals surface area contributed by atoms with E-state index in [4.69, 9.17) is 28.9 Å². The molecule has 1 aromatic carbocycles. The molecule has 17 heavy (non-hydrogen) atoms. The quantitative estimate of drug-likeness (QED) is 0.816. The molecule has 2 rings (SSSR count). The van der Waals surface area contributed by atoms with Crippen LogP contribution in [0.3, 0.4) is 0 Å². The number of hydrogen-bond donors (Lipinski definition) is 2. The lowest BCUT2D eigenvalue weighted by molar-refractivity contribution is 0.629. The summed E-state index contributed by atoms with van der Waals surface area (Å²) >= 11 is 11.3. The first-order valence-electron chi connectivity index (χ1n) is 4.69. The van der Waals surface area contributed by atoms with E-state index < -0.39 is 5.82 Å². The summed E-state index contributed by atoms with van der Waals surface area (Å²) in [7, 11) is 0. The zero-order chi connectivity index (χ0) is 12.4. The number of hydrogen-bond acceptors (Lipinski definition) is 3. The second-order valence-corrected chi connectivity index (χ2v) is 4.17. The lowest BCUT2D eigenvalue weighted by Gasteiger charge is -2.07. The van der Waals surface area contributed by atoms with Crippen LogP contribution in [0.25, 0.3) is 0 Å². The van der Waals surface area contributed by atoms with E-state index in [1.165, 1.54) is 18.3 Å². The smallest absolute Gasteiger partial charge is 0.160 e. The van der Waals surface area contributed by atoms with Crippen LogP contribution >= 0.6 is 23.2 Å². The molecule has 0 aliphatic rings. The fourth-order valence-electron chi connectivity index (χ4n) is 1.25. The molecule has 2 aromatic rings. The average molecular weight is 272 g/mol. The van der Waals surface area contributed by atoms with Crippen molar-refractivity contribution in [2.75, 3.05) is 11.1 Å². The van der Waals surface area contributed by atoms with E-state index in [0.29, 0.717) is 17.2 Å². The summed E-state index contributed by atoms with van der Waals surface area (Å²) < 4.78 is 13.2. The third kappa shape index (κ3) is 2.78. The summed E-state index contributed by atoms with van der Waals surface area (Å²) in [6.45, 7) is 0. The Morgan fingerprint density at radius 1 is 1.18 bits per heavy atom. The Bertz CT molecular complexity index is 520. The van der Waals surface area contributed by atoms with Gasteiger partial charge in [-0.3, -0.25) is 0 Å². The van der Waals surface area contributed by atoms with Crippen LogP contribution in [0, 0.1) is 5.82 Å². The molecule has 0 spiro atoms. The van der Waals surface area contributed by atoms with E-state index in [1.807, 2.05) is 0 Å². The Morgan fingerprint density at radius 3 is 2.35 bits per heavy atom. The fourth-order valence-corrected chi connectivity index (χ4v) is 1.74. The van der Waals surface area contributed by atoms with Crippen LogP contribution in [-0.4, -0.2) is 4.98 Å². The topological polar surface area (TPSA) is 50.9 Å². The van der Waals surface area contributed by atoms with Crippen LogP contribution in [0.2, 0.25) is 10.0 Å². The molecular weight excluding hydrogens is 264 g/mol. The molecule has 1 aromatic heterocycles. The summed E-state index contributed by atoms with van der Waals surface area (Å²) in [5.41, 5.74) is 6.62. The van der Waals surface area contributed by atoms with Crippen molar-refractivity contribution in [1.82, 2.24) is 4.98 Å². The monoisotopic (exact) mass is 271 g/mol. The van der Waals surface area contributed by atoms with Gasteiger partial charge in [-0.25, -0.2) is 9.37 Å². The Hall–Kier alpha value is -1.52. The molecule has 6 heteroatoms. The molecule has 0 saturated heterocycles. The molecule has 1 heterocycles. The molecule has 0 bridgehead atoms. The number of rotatable bonds is 2. The van der Waals surface area contributed by atoms with Crippen molar-refractivity contribution >= 4 is 40.4 Å². The van der Waals surface area contributed by atoms with Gasteiger partial charge < -0.3 is 11.1 Å². The highest BCUT2D eigenvalue weighted by molar-refractivity contribution is 6.35. The number of nitrogen functional groups attached to an aromatic ring is 1. The number of halogens is 3. The first-order chi connectivity index (χ1) is 8.06. The standard InChI is InChI=1S/C11H8Cl2FN3/c12-8-3-7(4-9(13)11(8)14)17-10-2-1-6(15)5-16-10/h1-5H,15H2,(H,16,17). The first-order valence-corrected chi connectivity index (χ1v) is 5.45. The molecule has 0 radical (unpaired) electrons. The molecule has 0 unspecified atom stereocenters. The maximum Gasteiger partial charge on any atom is 0.160 e.